The molecule has 0 saturated carbocycles. The van der Waals surface area contributed by atoms with E-state index in [0.717, 1.165) is 0 Å². The highest BCUT2D eigenvalue weighted by atomic mass is 16.4. The van der Waals surface area contributed by atoms with Gasteiger partial charge in [-0.2, -0.15) is 0 Å². The molecule has 0 radical (unpaired) electrons. The van der Waals surface area contributed by atoms with Crippen molar-refractivity contribution in [2.45, 2.75) is 0 Å². The van der Waals surface area contributed by atoms with E-state index < -0.39 is 11.9 Å². The minimum atomic E-state index is -0.916. The van der Waals surface area contributed by atoms with Gasteiger partial charge in [0.05, 0.1) is 13.1 Å². The van der Waals surface area contributed by atoms with E-state index in [1.807, 2.05) is 0 Å². The second kappa shape index (κ2) is 6.38. The number of carboxylic acids is 2. The topological polar surface area (TPSA) is 89.9 Å². The zero-order valence-corrected chi connectivity index (χ0v) is 7.49. The number of aliphatic carboxylic acids is 2. The molecule has 76 valence electrons. The Balaban J connectivity index is 3.31. The van der Waals surface area contributed by atoms with Gasteiger partial charge < -0.3 is 15.5 Å². The fourth-order valence-corrected chi connectivity index (χ4v) is 0.775. The molecule has 0 aliphatic heterocycles. The molecule has 0 amide bonds. The Morgan fingerprint density at radius 3 is 2.38 bits per heavy atom. The first-order chi connectivity index (χ1) is 6.02. The molecule has 0 aliphatic rings. The molecular weight excluding hydrogens is 176 g/mol. The van der Waals surface area contributed by atoms with Crippen LogP contribution in [0, 0.1) is 0 Å². The Hall–Kier alpha value is -1.14. The highest BCUT2D eigenvalue weighted by molar-refractivity contribution is 5.69. The molecule has 0 atom stereocenters. The van der Waals surface area contributed by atoms with E-state index in [2.05, 4.69) is 5.32 Å². The summed E-state index contributed by atoms with van der Waals surface area (Å²) in [5.41, 5.74) is 0. The third-order valence-electron chi connectivity index (χ3n) is 1.35. The summed E-state index contributed by atoms with van der Waals surface area (Å²) in [4.78, 5) is 21.8. The smallest absolute Gasteiger partial charge is 0.317 e. The van der Waals surface area contributed by atoms with E-state index in [-0.39, 0.29) is 13.1 Å². The summed E-state index contributed by atoms with van der Waals surface area (Å²) in [7, 11) is 1.66. The van der Waals surface area contributed by atoms with Crippen LogP contribution in [0.15, 0.2) is 0 Å². The van der Waals surface area contributed by atoms with E-state index >= 15 is 0 Å². The van der Waals surface area contributed by atoms with Gasteiger partial charge in [0.25, 0.3) is 0 Å². The Bertz CT molecular complexity index is 183. The summed E-state index contributed by atoms with van der Waals surface area (Å²) in [5.74, 6) is -1.80. The zero-order valence-electron chi connectivity index (χ0n) is 7.49. The number of rotatable bonds is 7. The maximum Gasteiger partial charge on any atom is 0.317 e. The number of likely N-dealkylation sites (N-methyl/N-ethyl adjacent to an activating group) is 1. The second-order valence-corrected chi connectivity index (χ2v) is 2.70. The van der Waals surface area contributed by atoms with E-state index in [4.69, 9.17) is 10.2 Å². The van der Waals surface area contributed by atoms with Gasteiger partial charge in [0.15, 0.2) is 0 Å². The maximum atomic E-state index is 10.2. The van der Waals surface area contributed by atoms with Crippen LogP contribution in [-0.2, 0) is 9.59 Å². The average molecular weight is 190 g/mol. The quantitative estimate of drug-likeness (QED) is 0.431. The monoisotopic (exact) mass is 190 g/mol. The summed E-state index contributed by atoms with van der Waals surface area (Å²) in [6, 6.07) is 0. The standard InChI is InChI=1S/C7H14N2O4/c1-9(5-7(12)13)3-2-8-4-6(10)11/h8H,2-5H2,1H3,(H,10,11)(H,12,13). The van der Waals surface area contributed by atoms with Crippen LogP contribution in [0.3, 0.4) is 0 Å². The lowest BCUT2D eigenvalue weighted by atomic mass is 10.5. The van der Waals surface area contributed by atoms with Crippen molar-refractivity contribution >= 4 is 11.9 Å². The van der Waals surface area contributed by atoms with Gasteiger partial charge in [0.2, 0.25) is 0 Å². The predicted molar refractivity (Wildman–Crippen MR) is 45.6 cm³/mol. The van der Waals surface area contributed by atoms with Crippen molar-refractivity contribution in [1.29, 1.82) is 0 Å². The number of nitrogens with one attached hydrogen (secondary N) is 1. The predicted octanol–water partition coefficient (Wildman–Crippen LogP) is -1.32. The third-order valence-corrected chi connectivity index (χ3v) is 1.35. The second-order valence-electron chi connectivity index (χ2n) is 2.70. The van der Waals surface area contributed by atoms with Gasteiger partial charge in [0, 0.05) is 13.1 Å². The van der Waals surface area contributed by atoms with Crippen LogP contribution in [0.25, 0.3) is 0 Å². The molecular formula is C7H14N2O4. The highest BCUT2D eigenvalue weighted by Crippen LogP contribution is 1.79. The lowest BCUT2D eigenvalue weighted by Gasteiger charge is -2.13. The molecule has 0 spiro atoms. The van der Waals surface area contributed by atoms with Gasteiger partial charge in [-0.15, -0.1) is 0 Å². The molecule has 3 N–H and O–H groups in total. The van der Waals surface area contributed by atoms with Gasteiger partial charge in [-0.05, 0) is 7.05 Å². The molecule has 0 heterocycles. The minimum absolute atomic E-state index is 0.0330. The van der Waals surface area contributed by atoms with Crippen molar-refractivity contribution in [2.24, 2.45) is 0 Å². The SMILES string of the molecule is CN(CCNCC(=O)O)CC(=O)O. The molecule has 0 aliphatic carbocycles. The van der Waals surface area contributed by atoms with Crippen LogP contribution in [0.1, 0.15) is 0 Å². The molecule has 0 aromatic rings. The van der Waals surface area contributed by atoms with Crippen molar-refractivity contribution < 1.29 is 19.8 Å². The summed E-state index contributed by atoms with van der Waals surface area (Å²) >= 11 is 0. The molecule has 0 aromatic heterocycles. The van der Waals surface area contributed by atoms with Crippen LogP contribution >= 0.6 is 0 Å². The van der Waals surface area contributed by atoms with Crippen LogP contribution in [0.2, 0.25) is 0 Å². The molecule has 6 heteroatoms. The summed E-state index contributed by atoms with van der Waals surface area (Å²) in [5, 5.41) is 19.3. The molecule has 0 unspecified atom stereocenters. The maximum absolute atomic E-state index is 10.2. The highest BCUT2D eigenvalue weighted by Gasteiger charge is 2.03. The van der Waals surface area contributed by atoms with Gasteiger partial charge in [-0.1, -0.05) is 0 Å². The van der Waals surface area contributed by atoms with E-state index in [1.54, 1.807) is 11.9 Å². The fraction of sp³-hybridized carbons (Fsp3) is 0.714. The van der Waals surface area contributed by atoms with Gasteiger partial charge >= 0.3 is 11.9 Å². The third kappa shape index (κ3) is 8.77. The first-order valence-corrected chi connectivity index (χ1v) is 3.85. The van der Waals surface area contributed by atoms with E-state index in [0.29, 0.717) is 13.1 Å². The molecule has 13 heavy (non-hydrogen) atoms. The van der Waals surface area contributed by atoms with Crippen molar-refractivity contribution in [3.63, 3.8) is 0 Å². The Morgan fingerprint density at radius 1 is 1.31 bits per heavy atom. The lowest BCUT2D eigenvalue weighted by molar-refractivity contribution is -0.138. The van der Waals surface area contributed by atoms with Crippen molar-refractivity contribution in [3.8, 4) is 0 Å². The number of hydrogen-bond acceptors (Lipinski definition) is 4. The molecule has 0 rings (SSSR count). The fourth-order valence-electron chi connectivity index (χ4n) is 0.775. The summed E-state index contributed by atoms with van der Waals surface area (Å²) < 4.78 is 0. The average Bonchev–Trinajstić information content (AvgIpc) is 1.96. The largest absolute Gasteiger partial charge is 0.480 e. The van der Waals surface area contributed by atoms with Crippen LogP contribution in [-0.4, -0.2) is 60.3 Å². The van der Waals surface area contributed by atoms with E-state index in [9.17, 15) is 9.59 Å². The molecule has 0 saturated heterocycles. The first-order valence-electron chi connectivity index (χ1n) is 3.85. The summed E-state index contributed by atoms with van der Waals surface area (Å²) in [6.45, 7) is 0.853. The Morgan fingerprint density at radius 2 is 1.92 bits per heavy atom. The van der Waals surface area contributed by atoms with Gasteiger partial charge in [-0.25, -0.2) is 0 Å². The van der Waals surface area contributed by atoms with Crippen molar-refractivity contribution in [1.82, 2.24) is 10.2 Å². The first kappa shape index (κ1) is 11.9. The van der Waals surface area contributed by atoms with Gasteiger partial charge in [0.1, 0.15) is 0 Å². The van der Waals surface area contributed by atoms with Crippen molar-refractivity contribution in [2.75, 3.05) is 33.2 Å². The molecule has 0 bridgehead atoms. The number of carbonyl (C=O) groups is 2. The van der Waals surface area contributed by atoms with Crippen LogP contribution in [0.4, 0.5) is 0 Å². The van der Waals surface area contributed by atoms with Gasteiger partial charge in [-0.3, -0.25) is 14.5 Å². The number of nitrogens with zero attached hydrogens (tertiary/aromatic N) is 1. The number of hydrogen-bond donors (Lipinski definition) is 3. The molecule has 6 nitrogen and oxygen atoms in total. The molecule has 0 aromatic carbocycles. The van der Waals surface area contributed by atoms with Crippen LogP contribution < -0.4 is 5.32 Å². The van der Waals surface area contributed by atoms with E-state index in [1.165, 1.54) is 0 Å². The lowest BCUT2D eigenvalue weighted by Crippen LogP contribution is -2.34. The number of carboxylic acid groups (broad SMARTS) is 2. The molecule has 0 fully saturated rings. The zero-order chi connectivity index (χ0) is 10.3. The normalized spacial score (nSPS) is 10.3. The van der Waals surface area contributed by atoms with Crippen LogP contribution in [0.5, 0.6) is 0 Å². The Kier molecular flexibility index (Phi) is 5.82. The van der Waals surface area contributed by atoms with Crippen molar-refractivity contribution in [3.05, 3.63) is 0 Å². The Labute approximate surface area is 76.2 Å². The summed E-state index contributed by atoms with van der Waals surface area (Å²) in [6.07, 6.45) is 0. The minimum Gasteiger partial charge on any atom is -0.480 e.